The van der Waals surface area contributed by atoms with Gasteiger partial charge in [0.2, 0.25) is 0 Å². The third kappa shape index (κ3) is 5.06. The maximum absolute atomic E-state index is 6.09. The molecule has 0 aliphatic rings. The van der Waals surface area contributed by atoms with Gasteiger partial charge in [0.25, 0.3) is 0 Å². The Labute approximate surface area is 133 Å². The normalized spacial score (nSPS) is 10.5. The van der Waals surface area contributed by atoms with Crippen LogP contribution in [0.15, 0.2) is 53.6 Å². The Morgan fingerprint density at radius 2 is 2.10 bits per heavy atom. The first-order chi connectivity index (χ1) is 10.1. The summed E-state index contributed by atoms with van der Waals surface area (Å²) in [6, 6.07) is 15.1. The minimum Gasteiger partial charge on any atom is -0.489 e. The Hall–Kier alpha value is -2.11. The highest BCUT2D eigenvalue weighted by atomic mass is 35.5. The number of halogens is 1. The Balaban J connectivity index is 1.99. The minimum absolute atomic E-state index is 0.123. The van der Waals surface area contributed by atoms with Crippen molar-refractivity contribution in [1.82, 2.24) is 5.43 Å². The molecule has 0 aliphatic carbocycles. The molecule has 3 N–H and O–H groups in total. The first-order valence-electron chi connectivity index (χ1n) is 6.20. The van der Waals surface area contributed by atoms with Crippen LogP contribution < -0.4 is 15.9 Å². The van der Waals surface area contributed by atoms with Gasteiger partial charge in [0.1, 0.15) is 12.4 Å². The number of hydrogen-bond acceptors (Lipinski definition) is 3. The number of nitrogens with one attached hydrogen (secondary N) is 1. The number of hydrazone groups is 1. The van der Waals surface area contributed by atoms with Gasteiger partial charge in [-0.1, -0.05) is 41.9 Å². The molecule has 0 radical (unpaired) electrons. The molecule has 6 heteroatoms. The molecule has 21 heavy (non-hydrogen) atoms. The van der Waals surface area contributed by atoms with E-state index < -0.39 is 0 Å². The first-order valence-corrected chi connectivity index (χ1v) is 6.98. The smallest absolute Gasteiger partial charge is 0.184 e. The lowest BCUT2D eigenvalue weighted by molar-refractivity contribution is 0.306. The Morgan fingerprint density at radius 1 is 1.29 bits per heavy atom. The van der Waals surface area contributed by atoms with Gasteiger partial charge in [-0.3, -0.25) is 5.43 Å². The van der Waals surface area contributed by atoms with Gasteiger partial charge in [0.15, 0.2) is 5.11 Å². The summed E-state index contributed by atoms with van der Waals surface area (Å²) in [6.45, 7) is 0.408. The molecule has 0 fully saturated rings. The number of nitrogens with two attached hydrogens (primary N) is 1. The van der Waals surface area contributed by atoms with Gasteiger partial charge < -0.3 is 10.5 Å². The van der Waals surface area contributed by atoms with Crippen molar-refractivity contribution in [3.8, 4) is 5.75 Å². The van der Waals surface area contributed by atoms with Crippen LogP contribution in [0, 0.1) is 0 Å². The van der Waals surface area contributed by atoms with Crippen molar-refractivity contribution in [3.63, 3.8) is 0 Å². The molecule has 0 bridgehead atoms. The second-order valence-electron chi connectivity index (χ2n) is 4.19. The van der Waals surface area contributed by atoms with Crippen molar-refractivity contribution in [2.24, 2.45) is 10.8 Å². The highest BCUT2D eigenvalue weighted by Gasteiger charge is 2.00. The fourth-order valence-electron chi connectivity index (χ4n) is 1.63. The van der Waals surface area contributed by atoms with Gasteiger partial charge in [-0.05, 0) is 36.0 Å². The average Bonchev–Trinajstić information content (AvgIpc) is 2.46. The van der Waals surface area contributed by atoms with Crippen molar-refractivity contribution in [2.75, 3.05) is 0 Å². The van der Waals surface area contributed by atoms with E-state index in [1.807, 2.05) is 48.5 Å². The maximum Gasteiger partial charge on any atom is 0.184 e. The van der Waals surface area contributed by atoms with Crippen molar-refractivity contribution >= 4 is 35.1 Å². The molecule has 2 rings (SSSR count). The molecule has 2 aromatic carbocycles. The van der Waals surface area contributed by atoms with E-state index in [0.29, 0.717) is 11.6 Å². The fourth-order valence-corrected chi connectivity index (χ4v) is 1.87. The average molecular weight is 320 g/mol. The molecule has 0 saturated carbocycles. The van der Waals surface area contributed by atoms with Crippen molar-refractivity contribution in [1.29, 1.82) is 0 Å². The molecule has 0 aliphatic heterocycles. The summed E-state index contributed by atoms with van der Waals surface area (Å²) < 4.78 is 5.72. The van der Waals surface area contributed by atoms with E-state index in [0.717, 1.165) is 16.9 Å². The fraction of sp³-hybridized carbons (Fsp3) is 0.0667. The summed E-state index contributed by atoms with van der Waals surface area (Å²) in [4.78, 5) is 0. The van der Waals surface area contributed by atoms with Gasteiger partial charge in [-0.2, -0.15) is 5.10 Å². The summed E-state index contributed by atoms with van der Waals surface area (Å²) in [5.74, 6) is 0.731. The largest absolute Gasteiger partial charge is 0.489 e. The molecule has 0 aromatic heterocycles. The van der Waals surface area contributed by atoms with Gasteiger partial charge in [0.05, 0.1) is 6.21 Å². The third-order valence-electron chi connectivity index (χ3n) is 2.60. The zero-order chi connectivity index (χ0) is 15.1. The monoisotopic (exact) mass is 319 g/mol. The molecule has 0 unspecified atom stereocenters. The number of hydrogen-bond donors (Lipinski definition) is 2. The molecule has 0 atom stereocenters. The minimum atomic E-state index is 0.123. The van der Waals surface area contributed by atoms with E-state index in [2.05, 4.69) is 22.7 Å². The lowest BCUT2D eigenvalue weighted by Crippen LogP contribution is -2.23. The zero-order valence-corrected chi connectivity index (χ0v) is 12.7. The standard InChI is InChI=1S/C15H14ClN3OS/c16-14-7-2-1-5-12(14)10-20-13-6-3-4-11(8-13)9-18-19-15(17)21/h1-9H,10H2,(H3,17,19,21)/b18-9+. The van der Waals surface area contributed by atoms with Gasteiger partial charge in [-0.15, -0.1) is 0 Å². The van der Waals surface area contributed by atoms with E-state index >= 15 is 0 Å². The van der Waals surface area contributed by atoms with Crippen LogP contribution in [-0.4, -0.2) is 11.3 Å². The zero-order valence-electron chi connectivity index (χ0n) is 11.1. The van der Waals surface area contributed by atoms with Gasteiger partial charge in [0, 0.05) is 10.6 Å². The molecule has 4 nitrogen and oxygen atoms in total. The highest BCUT2D eigenvalue weighted by Crippen LogP contribution is 2.19. The predicted octanol–water partition coefficient (Wildman–Crippen LogP) is 3.09. The lowest BCUT2D eigenvalue weighted by atomic mass is 10.2. The van der Waals surface area contributed by atoms with Crippen molar-refractivity contribution in [3.05, 3.63) is 64.7 Å². The topological polar surface area (TPSA) is 59.6 Å². The molecule has 0 heterocycles. The van der Waals surface area contributed by atoms with Crippen LogP contribution >= 0.6 is 23.8 Å². The molecule has 2 aromatic rings. The molecular formula is C15H14ClN3OS. The van der Waals surface area contributed by atoms with E-state index in [-0.39, 0.29) is 5.11 Å². The number of benzene rings is 2. The first kappa shape index (κ1) is 15.3. The van der Waals surface area contributed by atoms with Crippen LogP contribution in [0.5, 0.6) is 5.75 Å². The van der Waals surface area contributed by atoms with E-state index in [9.17, 15) is 0 Å². The van der Waals surface area contributed by atoms with Crippen LogP contribution in [0.1, 0.15) is 11.1 Å². The molecule has 108 valence electrons. The second-order valence-corrected chi connectivity index (χ2v) is 5.03. The number of thiocarbonyl (C=S) groups is 1. The van der Waals surface area contributed by atoms with Crippen LogP contribution in [0.25, 0.3) is 0 Å². The van der Waals surface area contributed by atoms with E-state index in [4.69, 9.17) is 22.1 Å². The molecule has 0 amide bonds. The lowest BCUT2D eigenvalue weighted by Gasteiger charge is -2.08. The summed E-state index contributed by atoms with van der Waals surface area (Å²) >= 11 is 10.7. The number of rotatable bonds is 5. The summed E-state index contributed by atoms with van der Waals surface area (Å²) in [7, 11) is 0. The van der Waals surface area contributed by atoms with Gasteiger partial charge in [-0.25, -0.2) is 0 Å². The van der Waals surface area contributed by atoms with Gasteiger partial charge >= 0.3 is 0 Å². The van der Waals surface area contributed by atoms with Crippen molar-refractivity contribution in [2.45, 2.75) is 6.61 Å². The number of ether oxygens (including phenoxy) is 1. The third-order valence-corrected chi connectivity index (χ3v) is 3.06. The van der Waals surface area contributed by atoms with Crippen molar-refractivity contribution < 1.29 is 4.74 Å². The second kappa shape index (κ2) is 7.61. The molecule has 0 spiro atoms. The molecule has 0 saturated heterocycles. The van der Waals surface area contributed by atoms with Crippen LogP contribution in [0.4, 0.5) is 0 Å². The van der Waals surface area contributed by atoms with E-state index in [1.54, 1.807) is 6.21 Å². The summed E-state index contributed by atoms with van der Waals surface area (Å²) in [6.07, 6.45) is 1.61. The van der Waals surface area contributed by atoms with E-state index in [1.165, 1.54) is 0 Å². The summed E-state index contributed by atoms with van der Waals surface area (Å²) in [5.41, 5.74) is 9.59. The Kier molecular flexibility index (Phi) is 5.54. The van der Waals surface area contributed by atoms with Crippen LogP contribution in [-0.2, 0) is 6.61 Å². The maximum atomic E-state index is 6.09. The predicted molar refractivity (Wildman–Crippen MR) is 89.7 cm³/mol. The van der Waals surface area contributed by atoms with Crippen LogP contribution in [0.2, 0.25) is 5.02 Å². The Morgan fingerprint density at radius 3 is 2.86 bits per heavy atom. The van der Waals surface area contributed by atoms with Crippen LogP contribution in [0.3, 0.4) is 0 Å². The summed E-state index contributed by atoms with van der Waals surface area (Å²) in [5, 5.41) is 4.71. The number of nitrogens with zero attached hydrogens (tertiary/aromatic N) is 1. The highest BCUT2D eigenvalue weighted by molar-refractivity contribution is 7.80. The SMILES string of the molecule is NC(=S)N/N=C/c1cccc(OCc2ccccc2Cl)c1. The quantitative estimate of drug-likeness (QED) is 0.505. The molecular weight excluding hydrogens is 306 g/mol. The Bertz CT molecular complexity index is 661.